The number of benzene rings is 1. The first-order valence-electron chi connectivity index (χ1n) is 6.59. The Balaban J connectivity index is 1.74. The van der Waals surface area contributed by atoms with Crippen LogP contribution < -0.4 is 9.64 Å². The number of hydrogen-bond acceptors (Lipinski definition) is 6. The first-order chi connectivity index (χ1) is 10.6. The van der Waals surface area contributed by atoms with Crippen molar-refractivity contribution in [3.05, 3.63) is 42.2 Å². The van der Waals surface area contributed by atoms with Gasteiger partial charge in [0, 0.05) is 18.8 Å². The molecule has 22 heavy (non-hydrogen) atoms. The smallest absolute Gasteiger partial charge is 0.344 e. The molecule has 0 aliphatic rings. The summed E-state index contributed by atoms with van der Waals surface area (Å²) in [6.45, 7) is 1.01. The van der Waals surface area contributed by atoms with Crippen molar-refractivity contribution in [2.45, 2.75) is 6.92 Å². The Labute approximate surface area is 127 Å². The fourth-order valence-electron chi connectivity index (χ4n) is 1.62. The molecule has 116 valence electrons. The summed E-state index contributed by atoms with van der Waals surface area (Å²) in [5.41, 5.74) is 0.720. The van der Waals surface area contributed by atoms with Crippen LogP contribution in [0.5, 0.6) is 5.88 Å². The van der Waals surface area contributed by atoms with Crippen LogP contribution in [0.2, 0.25) is 0 Å². The number of amides is 1. The molecule has 7 heteroatoms. The maximum absolute atomic E-state index is 11.9. The molecule has 0 unspecified atom stereocenters. The molecular formula is C15H16N2O5. The summed E-state index contributed by atoms with van der Waals surface area (Å²) in [5.74, 6) is -0.225. The fraction of sp³-hybridized carbons (Fsp3) is 0.267. The number of ether oxygens (including phenoxy) is 2. The third-order valence-electron chi connectivity index (χ3n) is 2.82. The fourth-order valence-corrected chi connectivity index (χ4v) is 1.62. The Morgan fingerprint density at radius 2 is 1.95 bits per heavy atom. The summed E-state index contributed by atoms with van der Waals surface area (Å²) in [6, 6.07) is 10.6. The number of carbonyl (C=O) groups is 2. The van der Waals surface area contributed by atoms with Crippen LogP contribution >= 0.6 is 0 Å². The van der Waals surface area contributed by atoms with E-state index in [2.05, 4.69) is 5.16 Å². The maximum atomic E-state index is 11.9. The van der Waals surface area contributed by atoms with Gasteiger partial charge in [-0.1, -0.05) is 18.2 Å². The number of aromatic nitrogens is 1. The van der Waals surface area contributed by atoms with E-state index in [4.69, 9.17) is 14.0 Å². The number of hydrogen-bond donors (Lipinski definition) is 0. The molecule has 1 aromatic carbocycles. The van der Waals surface area contributed by atoms with Crippen molar-refractivity contribution in [2.75, 3.05) is 25.2 Å². The van der Waals surface area contributed by atoms with Gasteiger partial charge in [-0.3, -0.25) is 4.79 Å². The van der Waals surface area contributed by atoms with E-state index in [-0.39, 0.29) is 25.0 Å². The summed E-state index contributed by atoms with van der Waals surface area (Å²) in [4.78, 5) is 24.8. The van der Waals surface area contributed by atoms with E-state index in [0.29, 0.717) is 5.76 Å². The lowest BCUT2D eigenvalue weighted by Gasteiger charge is -2.16. The molecule has 0 saturated carbocycles. The van der Waals surface area contributed by atoms with Crippen LogP contribution in [0.4, 0.5) is 5.69 Å². The number of rotatable bonds is 6. The molecule has 7 nitrogen and oxygen atoms in total. The first-order valence-corrected chi connectivity index (χ1v) is 6.59. The van der Waals surface area contributed by atoms with Gasteiger partial charge in [-0.05, 0) is 24.2 Å². The molecule has 0 fully saturated rings. The third kappa shape index (κ3) is 4.34. The number of para-hydroxylation sites is 1. The quantitative estimate of drug-likeness (QED) is 0.753. The van der Waals surface area contributed by atoms with Crippen LogP contribution in [0.3, 0.4) is 0 Å². The Morgan fingerprint density at radius 1 is 1.23 bits per heavy atom. The van der Waals surface area contributed by atoms with E-state index >= 15 is 0 Å². The minimum atomic E-state index is -0.657. The normalized spacial score (nSPS) is 10.1. The molecule has 1 aromatic heterocycles. The van der Waals surface area contributed by atoms with Crippen LogP contribution in [-0.2, 0) is 14.3 Å². The van der Waals surface area contributed by atoms with E-state index < -0.39 is 5.97 Å². The maximum Gasteiger partial charge on any atom is 0.344 e. The lowest BCUT2D eigenvalue weighted by Crippen LogP contribution is -2.31. The molecule has 1 amide bonds. The van der Waals surface area contributed by atoms with Crippen molar-refractivity contribution in [1.29, 1.82) is 0 Å². The Hall–Kier alpha value is -2.83. The number of aryl methyl sites for hydroxylation is 1. The lowest BCUT2D eigenvalue weighted by molar-refractivity contribution is -0.149. The van der Waals surface area contributed by atoms with E-state index in [0.717, 1.165) is 5.69 Å². The van der Waals surface area contributed by atoms with Crippen molar-refractivity contribution in [3.63, 3.8) is 0 Å². The highest BCUT2D eigenvalue weighted by Gasteiger charge is 2.14. The predicted molar refractivity (Wildman–Crippen MR) is 77.5 cm³/mol. The van der Waals surface area contributed by atoms with E-state index in [1.807, 2.05) is 18.2 Å². The zero-order valence-corrected chi connectivity index (χ0v) is 12.3. The Bertz CT molecular complexity index is 638. The minimum absolute atomic E-state index is 0.196. The average Bonchev–Trinajstić information content (AvgIpc) is 2.96. The summed E-state index contributed by atoms with van der Waals surface area (Å²) >= 11 is 0. The first kappa shape index (κ1) is 15.6. The molecule has 2 aromatic rings. The van der Waals surface area contributed by atoms with Gasteiger partial charge in [-0.25, -0.2) is 4.79 Å². The number of esters is 1. The third-order valence-corrected chi connectivity index (χ3v) is 2.82. The van der Waals surface area contributed by atoms with E-state index in [1.54, 1.807) is 32.2 Å². The molecule has 0 spiro atoms. The summed E-state index contributed by atoms with van der Waals surface area (Å²) in [6.07, 6.45) is 0. The van der Waals surface area contributed by atoms with Crippen LogP contribution in [-0.4, -0.2) is 37.3 Å². The van der Waals surface area contributed by atoms with Gasteiger partial charge in [0.25, 0.3) is 11.8 Å². The second kappa shape index (κ2) is 7.26. The SMILES string of the molecule is Cc1cc(OCC(=O)OCC(=O)N(C)c2ccccc2)no1. The molecule has 0 atom stereocenters. The van der Waals surface area contributed by atoms with Crippen molar-refractivity contribution in [3.8, 4) is 5.88 Å². The Morgan fingerprint density at radius 3 is 2.59 bits per heavy atom. The molecule has 0 radical (unpaired) electrons. The van der Waals surface area contributed by atoms with Gasteiger partial charge in [-0.15, -0.1) is 0 Å². The number of likely N-dealkylation sites (N-methyl/N-ethyl adjacent to an activating group) is 1. The summed E-state index contributed by atoms with van der Waals surface area (Å²) < 4.78 is 14.7. The van der Waals surface area contributed by atoms with Gasteiger partial charge in [0.15, 0.2) is 13.2 Å². The van der Waals surface area contributed by atoms with E-state index in [9.17, 15) is 9.59 Å². The zero-order chi connectivity index (χ0) is 15.9. The van der Waals surface area contributed by atoms with Crippen LogP contribution in [0, 0.1) is 6.92 Å². The topological polar surface area (TPSA) is 81.9 Å². The van der Waals surface area contributed by atoms with Crippen molar-refractivity contribution in [1.82, 2.24) is 5.16 Å². The van der Waals surface area contributed by atoms with Crippen LogP contribution in [0.15, 0.2) is 40.9 Å². The molecule has 0 aliphatic heterocycles. The van der Waals surface area contributed by atoms with Crippen molar-refractivity contribution >= 4 is 17.6 Å². The number of anilines is 1. The molecule has 0 saturated heterocycles. The molecule has 1 heterocycles. The molecule has 0 N–H and O–H groups in total. The van der Waals surface area contributed by atoms with E-state index in [1.165, 1.54) is 4.90 Å². The zero-order valence-electron chi connectivity index (χ0n) is 12.3. The van der Waals surface area contributed by atoms with Gasteiger partial charge in [0.05, 0.1) is 0 Å². The molecule has 2 rings (SSSR count). The monoisotopic (exact) mass is 304 g/mol. The van der Waals surface area contributed by atoms with Crippen LogP contribution in [0.25, 0.3) is 0 Å². The highest BCUT2D eigenvalue weighted by molar-refractivity contribution is 5.94. The second-order valence-corrected chi connectivity index (χ2v) is 4.51. The summed E-state index contributed by atoms with van der Waals surface area (Å²) in [5, 5.41) is 3.57. The van der Waals surface area contributed by atoms with Crippen LogP contribution in [0.1, 0.15) is 5.76 Å². The standard InChI is InChI=1S/C15H16N2O5/c1-11-8-13(16-22-11)20-10-15(19)21-9-14(18)17(2)12-6-4-3-5-7-12/h3-8H,9-10H2,1-2H3. The molecule has 0 bridgehead atoms. The number of nitrogens with zero attached hydrogens (tertiary/aromatic N) is 2. The summed E-state index contributed by atoms with van der Waals surface area (Å²) in [7, 11) is 1.61. The predicted octanol–water partition coefficient (Wildman–Crippen LogP) is 1.57. The van der Waals surface area contributed by atoms with Crippen molar-refractivity contribution < 1.29 is 23.6 Å². The highest BCUT2D eigenvalue weighted by atomic mass is 16.6. The van der Waals surface area contributed by atoms with Gasteiger partial charge in [-0.2, -0.15) is 0 Å². The van der Waals surface area contributed by atoms with Gasteiger partial charge in [0.2, 0.25) is 0 Å². The van der Waals surface area contributed by atoms with Crippen molar-refractivity contribution in [2.24, 2.45) is 0 Å². The largest absolute Gasteiger partial charge is 0.463 e. The molecule has 0 aliphatic carbocycles. The average molecular weight is 304 g/mol. The minimum Gasteiger partial charge on any atom is -0.463 e. The van der Waals surface area contributed by atoms with Gasteiger partial charge in [0.1, 0.15) is 5.76 Å². The molecular weight excluding hydrogens is 288 g/mol. The van der Waals surface area contributed by atoms with Gasteiger partial charge < -0.3 is 18.9 Å². The van der Waals surface area contributed by atoms with Gasteiger partial charge >= 0.3 is 5.97 Å². The number of carbonyl (C=O) groups excluding carboxylic acids is 2. The Kier molecular flexibility index (Phi) is 5.13. The second-order valence-electron chi connectivity index (χ2n) is 4.51. The highest BCUT2D eigenvalue weighted by Crippen LogP contribution is 2.11. The lowest BCUT2D eigenvalue weighted by atomic mass is 10.3.